The molecule has 0 amide bonds. The van der Waals surface area contributed by atoms with Crippen molar-refractivity contribution in [3.8, 4) is 0 Å². The van der Waals surface area contributed by atoms with Crippen molar-refractivity contribution < 1.29 is 4.74 Å². The topological polar surface area (TPSA) is 15.7 Å². The molecule has 1 unspecified atom stereocenters. The molecule has 0 aromatic carbocycles. The van der Waals surface area contributed by atoms with Crippen molar-refractivity contribution in [3.63, 3.8) is 0 Å². The van der Waals surface area contributed by atoms with E-state index in [2.05, 4.69) is 44.4 Å². The van der Waals surface area contributed by atoms with E-state index in [0.29, 0.717) is 5.54 Å². The highest BCUT2D eigenvalue weighted by Gasteiger charge is 2.27. The molecule has 0 N–H and O–H groups in total. The summed E-state index contributed by atoms with van der Waals surface area (Å²) in [6.45, 7) is 16.4. The monoisotopic (exact) mass is 214 g/mol. The third kappa shape index (κ3) is 3.74. The van der Waals surface area contributed by atoms with E-state index in [1.54, 1.807) is 0 Å². The van der Waals surface area contributed by atoms with Gasteiger partial charge in [0.2, 0.25) is 0 Å². The Kier molecular flexibility index (Phi) is 4.56. The summed E-state index contributed by atoms with van der Waals surface area (Å²) in [5.74, 6) is 0. The Morgan fingerprint density at radius 2 is 1.67 bits per heavy atom. The van der Waals surface area contributed by atoms with E-state index in [9.17, 15) is 0 Å². The summed E-state index contributed by atoms with van der Waals surface area (Å²) in [6, 6.07) is 0. The molecule has 1 heterocycles. The fraction of sp³-hybridized carbons (Fsp3) is 1.00. The zero-order chi connectivity index (χ0) is 11.5. The van der Waals surface area contributed by atoms with E-state index >= 15 is 0 Å². The summed E-state index contributed by atoms with van der Waals surface area (Å²) in [5.41, 5.74) is 0.306. The van der Waals surface area contributed by atoms with E-state index in [1.165, 1.54) is 0 Å². The lowest BCUT2D eigenvalue weighted by molar-refractivity contribution is -0.0700. The zero-order valence-corrected chi connectivity index (χ0v) is 10.9. The zero-order valence-electron chi connectivity index (χ0n) is 10.9. The van der Waals surface area contributed by atoms with Gasteiger partial charge in [-0.05, 0) is 34.6 Å². The summed E-state index contributed by atoms with van der Waals surface area (Å²) >= 11 is 0. The van der Waals surface area contributed by atoms with Crippen LogP contribution in [0.3, 0.4) is 0 Å². The Morgan fingerprint density at radius 1 is 1.13 bits per heavy atom. The number of ether oxygens (including phenoxy) is 1. The number of piperazine rings is 1. The molecule has 0 bridgehead atoms. The fourth-order valence-electron chi connectivity index (χ4n) is 2.10. The van der Waals surface area contributed by atoms with Crippen LogP contribution in [0.15, 0.2) is 0 Å². The maximum Gasteiger partial charge on any atom is 0.107 e. The lowest BCUT2D eigenvalue weighted by Gasteiger charge is -2.43. The maximum atomic E-state index is 5.61. The van der Waals surface area contributed by atoms with Crippen LogP contribution in [0.2, 0.25) is 0 Å². The van der Waals surface area contributed by atoms with Crippen LogP contribution in [0, 0.1) is 0 Å². The van der Waals surface area contributed by atoms with E-state index < -0.39 is 0 Å². The molecule has 0 saturated carbocycles. The highest BCUT2D eigenvalue weighted by Crippen LogP contribution is 2.16. The second-order valence-corrected chi connectivity index (χ2v) is 5.25. The molecule has 0 aromatic rings. The fourth-order valence-corrected chi connectivity index (χ4v) is 2.10. The van der Waals surface area contributed by atoms with Gasteiger partial charge in [0.15, 0.2) is 0 Å². The molecule has 0 radical (unpaired) electrons. The van der Waals surface area contributed by atoms with Gasteiger partial charge in [0.25, 0.3) is 0 Å². The summed E-state index contributed by atoms with van der Waals surface area (Å²) in [4.78, 5) is 4.97. The Balaban J connectivity index is 2.36. The SMILES string of the molecule is CCOC(C)N1CCN(C(C)(C)C)CC1. The summed E-state index contributed by atoms with van der Waals surface area (Å²) in [5, 5.41) is 0. The quantitative estimate of drug-likeness (QED) is 0.712. The third-order valence-corrected chi connectivity index (χ3v) is 3.19. The summed E-state index contributed by atoms with van der Waals surface area (Å²) < 4.78 is 5.61. The van der Waals surface area contributed by atoms with Crippen LogP contribution in [0.25, 0.3) is 0 Å². The average Bonchev–Trinajstić information content (AvgIpc) is 2.17. The lowest BCUT2D eigenvalue weighted by Crippen LogP contribution is -2.55. The van der Waals surface area contributed by atoms with Gasteiger partial charge in [-0.25, -0.2) is 0 Å². The Hall–Kier alpha value is -0.120. The Bertz CT molecular complexity index is 181. The van der Waals surface area contributed by atoms with Gasteiger partial charge in [-0.2, -0.15) is 0 Å². The molecule has 1 atom stereocenters. The van der Waals surface area contributed by atoms with Crippen molar-refractivity contribution in [2.24, 2.45) is 0 Å². The Labute approximate surface area is 94.4 Å². The molecular weight excluding hydrogens is 188 g/mol. The largest absolute Gasteiger partial charge is 0.364 e. The van der Waals surface area contributed by atoms with Crippen LogP contribution in [0.5, 0.6) is 0 Å². The van der Waals surface area contributed by atoms with Gasteiger partial charge in [0, 0.05) is 38.3 Å². The first kappa shape index (κ1) is 12.9. The maximum absolute atomic E-state index is 5.61. The molecule has 1 aliphatic rings. The number of rotatable bonds is 3. The highest BCUT2D eigenvalue weighted by atomic mass is 16.5. The minimum absolute atomic E-state index is 0.275. The first-order valence-corrected chi connectivity index (χ1v) is 6.06. The first-order valence-electron chi connectivity index (χ1n) is 6.06. The van der Waals surface area contributed by atoms with E-state index in [-0.39, 0.29) is 6.23 Å². The molecule has 0 spiro atoms. The molecular formula is C12H26N2O. The number of hydrogen-bond donors (Lipinski definition) is 0. The lowest BCUT2D eigenvalue weighted by atomic mass is 10.0. The minimum Gasteiger partial charge on any atom is -0.364 e. The summed E-state index contributed by atoms with van der Waals surface area (Å²) in [6.07, 6.45) is 0.275. The van der Waals surface area contributed by atoms with Gasteiger partial charge in [0.05, 0.1) is 0 Å². The number of hydrogen-bond acceptors (Lipinski definition) is 3. The van der Waals surface area contributed by atoms with E-state index in [1.807, 2.05) is 0 Å². The Morgan fingerprint density at radius 3 is 2.07 bits per heavy atom. The van der Waals surface area contributed by atoms with Crippen molar-refractivity contribution in [1.29, 1.82) is 0 Å². The van der Waals surface area contributed by atoms with Crippen LogP contribution >= 0.6 is 0 Å². The highest BCUT2D eigenvalue weighted by molar-refractivity contribution is 4.82. The van der Waals surface area contributed by atoms with Crippen molar-refractivity contribution in [1.82, 2.24) is 9.80 Å². The summed E-state index contributed by atoms with van der Waals surface area (Å²) in [7, 11) is 0. The molecule has 1 rings (SSSR count). The van der Waals surface area contributed by atoms with Gasteiger partial charge < -0.3 is 4.74 Å². The minimum atomic E-state index is 0.275. The molecule has 90 valence electrons. The van der Waals surface area contributed by atoms with Crippen molar-refractivity contribution in [2.75, 3.05) is 32.8 Å². The van der Waals surface area contributed by atoms with Crippen LogP contribution < -0.4 is 0 Å². The molecule has 1 aliphatic heterocycles. The smallest absolute Gasteiger partial charge is 0.107 e. The van der Waals surface area contributed by atoms with Crippen LogP contribution in [0.4, 0.5) is 0 Å². The van der Waals surface area contributed by atoms with Gasteiger partial charge in [-0.15, -0.1) is 0 Å². The van der Waals surface area contributed by atoms with Crippen molar-refractivity contribution in [3.05, 3.63) is 0 Å². The van der Waals surface area contributed by atoms with Crippen molar-refractivity contribution in [2.45, 2.75) is 46.4 Å². The number of nitrogens with zero attached hydrogens (tertiary/aromatic N) is 2. The van der Waals surface area contributed by atoms with E-state index in [4.69, 9.17) is 4.74 Å². The molecule has 1 saturated heterocycles. The van der Waals surface area contributed by atoms with Gasteiger partial charge in [-0.1, -0.05) is 0 Å². The second kappa shape index (κ2) is 5.28. The van der Waals surface area contributed by atoms with Crippen LogP contribution in [0.1, 0.15) is 34.6 Å². The molecule has 15 heavy (non-hydrogen) atoms. The average molecular weight is 214 g/mol. The van der Waals surface area contributed by atoms with Gasteiger partial charge >= 0.3 is 0 Å². The molecule has 0 aromatic heterocycles. The molecule has 3 heteroatoms. The van der Waals surface area contributed by atoms with Crippen LogP contribution in [-0.4, -0.2) is 54.4 Å². The predicted molar refractivity (Wildman–Crippen MR) is 64.0 cm³/mol. The third-order valence-electron chi connectivity index (χ3n) is 3.19. The van der Waals surface area contributed by atoms with E-state index in [0.717, 1.165) is 32.8 Å². The second-order valence-electron chi connectivity index (χ2n) is 5.25. The predicted octanol–water partition coefficient (Wildman–Crippen LogP) is 1.78. The molecule has 3 nitrogen and oxygen atoms in total. The molecule has 0 aliphatic carbocycles. The molecule has 1 fully saturated rings. The van der Waals surface area contributed by atoms with Crippen molar-refractivity contribution >= 4 is 0 Å². The first-order chi connectivity index (χ1) is 6.95. The van der Waals surface area contributed by atoms with Crippen LogP contribution in [-0.2, 0) is 4.74 Å². The standard InChI is InChI=1S/C12H26N2O/c1-6-15-11(2)13-7-9-14(10-8-13)12(3,4)5/h11H,6-10H2,1-5H3. The van der Waals surface area contributed by atoms with Gasteiger partial charge in [0.1, 0.15) is 6.23 Å². The van der Waals surface area contributed by atoms with Gasteiger partial charge in [-0.3, -0.25) is 9.80 Å². The normalized spacial score (nSPS) is 23.0.